The fraction of sp³-hybridized carbons (Fsp3) is 0.222. The summed E-state index contributed by atoms with van der Waals surface area (Å²) in [5.74, 6) is -0.923. The monoisotopic (exact) mass is 401 g/mol. The zero-order chi connectivity index (χ0) is 20.2. The van der Waals surface area contributed by atoms with Gasteiger partial charge in [-0.05, 0) is 38.1 Å². The van der Waals surface area contributed by atoms with E-state index in [-0.39, 0.29) is 34.6 Å². The van der Waals surface area contributed by atoms with E-state index in [0.29, 0.717) is 17.8 Å². The maximum absolute atomic E-state index is 12.7. The van der Waals surface area contributed by atoms with Crippen molar-refractivity contribution in [3.63, 3.8) is 0 Å². The zero-order valence-electron chi connectivity index (χ0n) is 14.3. The summed E-state index contributed by atoms with van der Waals surface area (Å²) in [6.07, 6.45) is -2.56. The molecule has 1 aromatic heterocycles. The van der Waals surface area contributed by atoms with Crippen molar-refractivity contribution in [3.05, 3.63) is 52.2 Å². The molecule has 0 saturated heterocycles. The SMILES string of the molecule is CCOC(=O)/C(C)=C/c1ccc(O)cc1Oc1ncc(C(F)(F)F)cc1Cl. The highest BCUT2D eigenvalue weighted by Crippen LogP contribution is 2.36. The van der Waals surface area contributed by atoms with Gasteiger partial charge in [-0.1, -0.05) is 11.6 Å². The van der Waals surface area contributed by atoms with Crippen LogP contribution in [0.25, 0.3) is 6.08 Å². The lowest BCUT2D eigenvalue weighted by molar-refractivity contribution is -0.139. The molecule has 1 heterocycles. The lowest BCUT2D eigenvalue weighted by atomic mass is 10.1. The number of pyridine rings is 1. The van der Waals surface area contributed by atoms with Crippen LogP contribution in [0, 0.1) is 0 Å². The van der Waals surface area contributed by atoms with Crippen LogP contribution in [-0.4, -0.2) is 22.7 Å². The van der Waals surface area contributed by atoms with Gasteiger partial charge in [0.25, 0.3) is 0 Å². The molecule has 0 bridgehead atoms. The highest BCUT2D eigenvalue weighted by molar-refractivity contribution is 6.31. The van der Waals surface area contributed by atoms with Crippen LogP contribution >= 0.6 is 11.6 Å². The topological polar surface area (TPSA) is 68.7 Å². The predicted octanol–water partition coefficient (Wildman–Crippen LogP) is 5.22. The van der Waals surface area contributed by atoms with Gasteiger partial charge in [-0.25, -0.2) is 9.78 Å². The summed E-state index contributed by atoms with van der Waals surface area (Å²) >= 11 is 5.84. The number of phenolic OH excluding ortho intramolecular Hbond substituents is 1. The van der Waals surface area contributed by atoms with E-state index in [1.54, 1.807) is 6.92 Å². The van der Waals surface area contributed by atoms with Crippen molar-refractivity contribution < 1.29 is 32.5 Å². The van der Waals surface area contributed by atoms with E-state index in [9.17, 15) is 23.1 Å². The third kappa shape index (κ3) is 5.37. The van der Waals surface area contributed by atoms with Gasteiger partial charge in [0.2, 0.25) is 5.88 Å². The maximum atomic E-state index is 12.7. The number of ether oxygens (including phenoxy) is 2. The van der Waals surface area contributed by atoms with E-state index in [1.807, 2.05) is 0 Å². The van der Waals surface area contributed by atoms with E-state index in [4.69, 9.17) is 21.1 Å². The largest absolute Gasteiger partial charge is 0.508 e. The molecule has 1 N–H and O–H groups in total. The Bertz CT molecular complexity index is 881. The van der Waals surface area contributed by atoms with Gasteiger partial charge < -0.3 is 14.6 Å². The summed E-state index contributed by atoms with van der Waals surface area (Å²) < 4.78 is 48.5. The number of esters is 1. The van der Waals surface area contributed by atoms with E-state index < -0.39 is 17.7 Å². The fourth-order valence-electron chi connectivity index (χ4n) is 2.03. The first-order valence-electron chi connectivity index (χ1n) is 7.71. The van der Waals surface area contributed by atoms with Crippen LogP contribution < -0.4 is 4.74 Å². The Hall–Kier alpha value is -2.74. The molecule has 0 aliphatic heterocycles. The number of aromatic nitrogens is 1. The molecule has 0 amide bonds. The number of alkyl halides is 3. The highest BCUT2D eigenvalue weighted by atomic mass is 35.5. The van der Waals surface area contributed by atoms with Gasteiger partial charge in [-0.15, -0.1) is 0 Å². The number of hydrogen-bond acceptors (Lipinski definition) is 5. The second kappa shape index (κ2) is 8.30. The first-order chi connectivity index (χ1) is 12.6. The molecule has 5 nitrogen and oxygen atoms in total. The van der Waals surface area contributed by atoms with Crippen molar-refractivity contribution in [2.24, 2.45) is 0 Å². The number of rotatable bonds is 5. The van der Waals surface area contributed by atoms with Crippen molar-refractivity contribution in [2.45, 2.75) is 20.0 Å². The van der Waals surface area contributed by atoms with Crippen molar-refractivity contribution in [1.82, 2.24) is 4.98 Å². The zero-order valence-corrected chi connectivity index (χ0v) is 15.1. The third-order valence-electron chi connectivity index (χ3n) is 3.31. The molecule has 0 radical (unpaired) electrons. The molecule has 2 rings (SSSR count). The van der Waals surface area contributed by atoms with Crippen LogP contribution in [0.2, 0.25) is 5.02 Å². The number of halogens is 4. The standard InChI is InChI=1S/C18H15ClF3NO4/c1-3-26-17(25)10(2)6-11-4-5-13(24)8-15(11)27-16-14(19)7-12(9-23-16)18(20,21)22/h4-9,24H,3H2,1-2H3/b10-6+. The van der Waals surface area contributed by atoms with Crippen LogP contribution in [0.4, 0.5) is 13.2 Å². The molecule has 1 aromatic carbocycles. The molecule has 0 aliphatic rings. The molecule has 0 unspecified atom stereocenters. The number of benzene rings is 1. The number of phenols is 1. The Balaban J connectivity index is 2.38. The average Bonchev–Trinajstić information content (AvgIpc) is 2.58. The first kappa shape index (κ1) is 20.6. The minimum atomic E-state index is -4.59. The van der Waals surface area contributed by atoms with Crippen LogP contribution in [0.15, 0.2) is 36.0 Å². The average molecular weight is 402 g/mol. The summed E-state index contributed by atoms with van der Waals surface area (Å²) in [5, 5.41) is 9.31. The van der Waals surface area contributed by atoms with E-state index in [0.717, 1.165) is 0 Å². The Labute approximate surface area is 158 Å². The maximum Gasteiger partial charge on any atom is 0.417 e. The van der Waals surface area contributed by atoms with Crippen molar-refractivity contribution >= 4 is 23.6 Å². The van der Waals surface area contributed by atoms with Crippen molar-refractivity contribution in [1.29, 1.82) is 0 Å². The minimum Gasteiger partial charge on any atom is -0.508 e. The second-order valence-corrected chi connectivity index (χ2v) is 5.79. The van der Waals surface area contributed by atoms with Crippen molar-refractivity contribution in [3.8, 4) is 17.4 Å². The number of aromatic hydroxyl groups is 1. The van der Waals surface area contributed by atoms with Crippen LogP contribution in [0.1, 0.15) is 25.0 Å². The summed E-state index contributed by atoms with van der Waals surface area (Å²) in [6, 6.07) is 4.73. The van der Waals surface area contributed by atoms with Gasteiger partial charge in [0.1, 0.15) is 16.5 Å². The third-order valence-corrected chi connectivity index (χ3v) is 3.58. The Morgan fingerprint density at radius 3 is 2.63 bits per heavy atom. The van der Waals surface area contributed by atoms with E-state index in [2.05, 4.69) is 4.98 Å². The first-order valence-corrected chi connectivity index (χ1v) is 8.08. The van der Waals surface area contributed by atoms with Gasteiger partial charge in [0, 0.05) is 23.4 Å². The molecule has 9 heteroatoms. The van der Waals surface area contributed by atoms with Gasteiger partial charge in [0.15, 0.2) is 0 Å². The lowest BCUT2D eigenvalue weighted by Crippen LogP contribution is -2.06. The Kier molecular flexibility index (Phi) is 6.32. The molecule has 0 aliphatic carbocycles. The van der Waals surface area contributed by atoms with Crippen LogP contribution in [0.3, 0.4) is 0 Å². The van der Waals surface area contributed by atoms with E-state index in [1.165, 1.54) is 31.2 Å². The van der Waals surface area contributed by atoms with Crippen LogP contribution in [0.5, 0.6) is 17.4 Å². The number of carbonyl (C=O) groups is 1. The Morgan fingerprint density at radius 1 is 1.33 bits per heavy atom. The number of hydrogen-bond donors (Lipinski definition) is 1. The van der Waals surface area contributed by atoms with E-state index >= 15 is 0 Å². The van der Waals surface area contributed by atoms with Gasteiger partial charge in [-0.3, -0.25) is 0 Å². The summed E-state index contributed by atoms with van der Waals surface area (Å²) in [6.45, 7) is 3.39. The molecule has 0 fully saturated rings. The molecule has 2 aromatic rings. The predicted molar refractivity (Wildman–Crippen MR) is 92.7 cm³/mol. The van der Waals surface area contributed by atoms with Gasteiger partial charge >= 0.3 is 12.1 Å². The second-order valence-electron chi connectivity index (χ2n) is 5.38. The summed E-state index contributed by atoms with van der Waals surface area (Å²) in [5.41, 5.74) is -0.385. The smallest absolute Gasteiger partial charge is 0.417 e. The minimum absolute atomic E-state index is 0.0489. The molecular weight excluding hydrogens is 387 g/mol. The molecule has 144 valence electrons. The number of nitrogens with zero attached hydrogens (tertiary/aromatic N) is 1. The normalized spacial score (nSPS) is 12.0. The molecule has 0 spiro atoms. The van der Waals surface area contributed by atoms with Gasteiger partial charge in [-0.2, -0.15) is 13.2 Å². The lowest BCUT2D eigenvalue weighted by Gasteiger charge is -2.12. The quantitative estimate of drug-likeness (QED) is 0.549. The summed E-state index contributed by atoms with van der Waals surface area (Å²) in [7, 11) is 0. The molecule has 0 saturated carbocycles. The summed E-state index contributed by atoms with van der Waals surface area (Å²) in [4.78, 5) is 15.3. The van der Waals surface area contributed by atoms with Crippen LogP contribution in [-0.2, 0) is 15.7 Å². The molecular formula is C18H15ClF3NO4. The Morgan fingerprint density at radius 2 is 2.04 bits per heavy atom. The molecule has 27 heavy (non-hydrogen) atoms. The van der Waals surface area contributed by atoms with Crippen molar-refractivity contribution in [2.75, 3.05) is 6.61 Å². The fourth-order valence-corrected chi connectivity index (χ4v) is 2.23. The highest BCUT2D eigenvalue weighted by Gasteiger charge is 2.31. The molecule has 0 atom stereocenters. The van der Waals surface area contributed by atoms with Gasteiger partial charge in [0.05, 0.1) is 12.2 Å². The number of carbonyl (C=O) groups excluding carboxylic acids is 1.